The minimum absolute atomic E-state index is 0. The molecule has 0 saturated heterocycles. The highest BCUT2D eigenvalue weighted by Crippen LogP contribution is 2.14. The minimum Gasteiger partial charge on any atom is -0.379 e. The van der Waals surface area contributed by atoms with Crippen LogP contribution in [0.1, 0.15) is 13.8 Å². The predicted octanol–water partition coefficient (Wildman–Crippen LogP) is 1.79. The minimum atomic E-state index is -0.478. The van der Waals surface area contributed by atoms with E-state index in [0.717, 1.165) is 0 Å². The predicted molar refractivity (Wildman–Crippen MR) is 112 cm³/mol. The van der Waals surface area contributed by atoms with E-state index in [4.69, 9.17) is 35.2 Å². The lowest BCUT2D eigenvalue weighted by Crippen LogP contribution is -2.41. The molecule has 0 aliphatic heterocycles. The van der Waals surface area contributed by atoms with E-state index in [2.05, 4.69) is 6.58 Å². The molecule has 4 N–H and O–H groups in total. The molecule has 10 heteroatoms. The number of hydrogen-bond acceptors (Lipinski definition) is 7. The Bertz CT molecular complexity index is 289. The van der Waals surface area contributed by atoms with Crippen LogP contribution >= 0.6 is 37.2 Å². The van der Waals surface area contributed by atoms with Gasteiger partial charge < -0.3 is 35.2 Å². The third-order valence-electron chi connectivity index (χ3n) is 3.21. The topological polar surface area (TPSA) is 98.2 Å². The first-order chi connectivity index (χ1) is 11.1. The molecule has 162 valence electrons. The van der Waals surface area contributed by atoms with Gasteiger partial charge in [0.1, 0.15) is 0 Å². The second kappa shape index (κ2) is 23.4. The highest BCUT2D eigenvalue weighted by atomic mass is 35.5. The Morgan fingerprint density at radius 3 is 1.96 bits per heavy atom. The lowest BCUT2D eigenvalue weighted by Gasteiger charge is -2.28. The molecule has 0 aromatic carbocycles. The summed E-state index contributed by atoms with van der Waals surface area (Å²) < 4.78 is 27.3. The summed E-state index contributed by atoms with van der Waals surface area (Å²) in [6, 6.07) is 0. The van der Waals surface area contributed by atoms with Gasteiger partial charge in [-0.15, -0.1) is 43.8 Å². The lowest BCUT2D eigenvalue weighted by molar-refractivity contribution is -0.181. The molecule has 0 saturated carbocycles. The van der Waals surface area contributed by atoms with E-state index < -0.39 is 6.29 Å². The summed E-state index contributed by atoms with van der Waals surface area (Å²) in [6.07, 6.45) is 1.19. The van der Waals surface area contributed by atoms with Crippen molar-refractivity contribution >= 4 is 37.2 Å². The zero-order valence-corrected chi connectivity index (χ0v) is 18.3. The molecule has 7 nitrogen and oxygen atoms in total. The Labute approximate surface area is 176 Å². The highest BCUT2D eigenvalue weighted by molar-refractivity contribution is 5.86. The fourth-order valence-corrected chi connectivity index (χ4v) is 1.48. The molecule has 0 heterocycles. The van der Waals surface area contributed by atoms with Crippen LogP contribution in [0.3, 0.4) is 0 Å². The van der Waals surface area contributed by atoms with Gasteiger partial charge in [0.2, 0.25) is 0 Å². The molecule has 0 aliphatic rings. The van der Waals surface area contributed by atoms with Crippen molar-refractivity contribution < 1.29 is 23.7 Å². The maximum absolute atomic E-state index is 5.73. The molecule has 1 atom stereocenters. The smallest absolute Gasteiger partial charge is 0.181 e. The summed E-state index contributed by atoms with van der Waals surface area (Å²) in [5.74, 6) is 0. The lowest BCUT2D eigenvalue weighted by atomic mass is 9.92. The van der Waals surface area contributed by atoms with Gasteiger partial charge in [-0.2, -0.15) is 0 Å². The molecular formula is C16H37Cl3N2O5. The van der Waals surface area contributed by atoms with E-state index in [1.807, 2.05) is 13.8 Å². The third kappa shape index (κ3) is 19.1. The van der Waals surface area contributed by atoms with Crippen molar-refractivity contribution in [3.63, 3.8) is 0 Å². The number of hydrogen-bond donors (Lipinski definition) is 2. The zero-order chi connectivity index (χ0) is 17.4. The van der Waals surface area contributed by atoms with Crippen LogP contribution in [0.15, 0.2) is 12.7 Å². The highest BCUT2D eigenvalue weighted by Gasteiger charge is 2.23. The van der Waals surface area contributed by atoms with Crippen molar-refractivity contribution in [2.75, 3.05) is 65.9 Å². The second-order valence-corrected chi connectivity index (χ2v) is 5.47. The van der Waals surface area contributed by atoms with Gasteiger partial charge in [0.05, 0.1) is 46.2 Å². The molecule has 0 bridgehead atoms. The summed E-state index contributed by atoms with van der Waals surface area (Å²) in [5, 5.41) is 0. The number of rotatable bonds is 17. The van der Waals surface area contributed by atoms with Crippen molar-refractivity contribution in [2.45, 2.75) is 20.1 Å². The molecule has 0 aromatic rings. The molecule has 1 unspecified atom stereocenters. The normalized spacial score (nSPS) is 11.7. The van der Waals surface area contributed by atoms with Crippen LogP contribution in [0.5, 0.6) is 0 Å². The van der Waals surface area contributed by atoms with Gasteiger partial charge in [-0.25, -0.2) is 0 Å². The van der Waals surface area contributed by atoms with Crippen molar-refractivity contribution in [1.29, 1.82) is 0 Å². The monoisotopic (exact) mass is 442 g/mol. The standard InChI is InChI=1S/C16H34N2O5.3ClH/c1-4-6-22-15(23-14-16(3,12-17)13-18)11-21-10-9-20-8-7-19-5-2;;;/h4,15H,1,5-14,17-18H2,2-3H3;3*1H. The summed E-state index contributed by atoms with van der Waals surface area (Å²) >= 11 is 0. The summed E-state index contributed by atoms with van der Waals surface area (Å²) in [5.41, 5.74) is 11.2. The van der Waals surface area contributed by atoms with Gasteiger partial charge in [-0.3, -0.25) is 0 Å². The van der Waals surface area contributed by atoms with Gasteiger partial charge in [0, 0.05) is 25.1 Å². The zero-order valence-electron chi connectivity index (χ0n) is 15.9. The van der Waals surface area contributed by atoms with Gasteiger partial charge in [0.25, 0.3) is 0 Å². The van der Waals surface area contributed by atoms with E-state index in [1.165, 1.54) is 0 Å². The molecule has 0 rings (SSSR count). The summed E-state index contributed by atoms with van der Waals surface area (Å²) in [7, 11) is 0. The van der Waals surface area contributed by atoms with E-state index in [0.29, 0.717) is 65.9 Å². The summed E-state index contributed by atoms with van der Waals surface area (Å²) in [6.45, 7) is 12.4. The molecule has 0 spiro atoms. The van der Waals surface area contributed by atoms with Gasteiger partial charge in [0.15, 0.2) is 6.29 Å². The van der Waals surface area contributed by atoms with Crippen LogP contribution in [-0.2, 0) is 23.7 Å². The quantitative estimate of drug-likeness (QED) is 0.201. The fraction of sp³-hybridized carbons (Fsp3) is 0.875. The van der Waals surface area contributed by atoms with Gasteiger partial charge in [-0.1, -0.05) is 13.0 Å². The number of ether oxygens (including phenoxy) is 5. The van der Waals surface area contributed by atoms with Crippen molar-refractivity contribution in [2.24, 2.45) is 16.9 Å². The fourth-order valence-electron chi connectivity index (χ4n) is 1.48. The van der Waals surface area contributed by atoms with E-state index in [-0.39, 0.29) is 42.6 Å². The molecule has 0 fully saturated rings. The first kappa shape index (κ1) is 33.9. The van der Waals surface area contributed by atoms with Crippen molar-refractivity contribution in [3.8, 4) is 0 Å². The molecular weight excluding hydrogens is 407 g/mol. The van der Waals surface area contributed by atoms with Crippen molar-refractivity contribution in [1.82, 2.24) is 0 Å². The Balaban J connectivity index is -0.000000807. The average Bonchev–Trinajstić information content (AvgIpc) is 2.58. The molecule has 0 radical (unpaired) electrons. The van der Waals surface area contributed by atoms with Crippen LogP contribution in [-0.4, -0.2) is 72.2 Å². The van der Waals surface area contributed by atoms with Crippen LogP contribution in [0.2, 0.25) is 0 Å². The third-order valence-corrected chi connectivity index (χ3v) is 3.21. The Hall–Kier alpha value is 0.330. The van der Waals surface area contributed by atoms with Gasteiger partial charge in [-0.05, 0) is 6.92 Å². The van der Waals surface area contributed by atoms with Crippen molar-refractivity contribution in [3.05, 3.63) is 12.7 Å². The first-order valence-corrected chi connectivity index (χ1v) is 8.09. The van der Waals surface area contributed by atoms with Gasteiger partial charge >= 0.3 is 0 Å². The van der Waals surface area contributed by atoms with E-state index in [1.54, 1.807) is 6.08 Å². The Morgan fingerprint density at radius 1 is 0.923 bits per heavy atom. The largest absolute Gasteiger partial charge is 0.379 e. The maximum atomic E-state index is 5.73. The molecule has 0 aromatic heterocycles. The number of nitrogens with two attached hydrogens (primary N) is 2. The van der Waals surface area contributed by atoms with E-state index in [9.17, 15) is 0 Å². The number of halogens is 3. The summed E-state index contributed by atoms with van der Waals surface area (Å²) in [4.78, 5) is 0. The Kier molecular flexibility index (Phi) is 30.5. The second-order valence-electron chi connectivity index (χ2n) is 5.47. The average molecular weight is 444 g/mol. The van der Waals surface area contributed by atoms with Crippen LogP contribution in [0.4, 0.5) is 0 Å². The van der Waals surface area contributed by atoms with Crippen LogP contribution < -0.4 is 11.5 Å². The van der Waals surface area contributed by atoms with Crippen LogP contribution in [0.25, 0.3) is 0 Å². The molecule has 0 aliphatic carbocycles. The van der Waals surface area contributed by atoms with E-state index >= 15 is 0 Å². The first-order valence-electron chi connectivity index (χ1n) is 8.09. The molecule has 26 heavy (non-hydrogen) atoms. The SMILES string of the molecule is C=CCOC(COCCOCCOCC)OCC(C)(CN)CN.Cl.Cl.Cl. The Morgan fingerprint density at radius 2 is 1.46 bits per heavy atom. The molecule has 0 amide bonds. The maximum Gasteiger partial charge on any atom is 0.181 e. The van der Waals surface area contributed by atoms with Crippen LogP contribution in [0, 0.1) is 5.41 Å².